The van der Waals surface area contributed by atoms with Crippen LogP contribution in [-0.2, 0) is 0 Å². The topological polar surface area (TPSA) is 0 Å². The van der Waals surface area contributed by atoms with Crippen LogP contribution < -0.4 is 0 Å². The minimum atomic E-state index is -1.68. The van der Waals surface area contributed by atoms with Gasteiger partial charge < -0.3 is 0 Å². The fourth-order valence-corrected chi connectivity index (χ4v) is 13.0. The summed E-state index contributed by atoms with van der Waals surface area (Å²) in [6, 6.07) is 39.9. The van der Waals surface area contributed by atoms with Crippen LogP contribution in [0.5, 0.6) is 0 Å². The van der Waals surface area contributed by atoms with Crippen molar-refractivity contribution in [2.24, 2.45) is 0 Å². The van der Waals surface area contributed by atoms with Crippen LogP contribution >= 0.6 is 0 Å². The highest BCUT2D eigenvalue weighted by Gasteiger charge is 2.57. The van der Waals surface area contributed by atoms with Crippen LogP contribution in [0.25, 0.3) is 22.3 Å². The van der Waals surface area contributed by atoms with E-state index in [1.54, 1.807) is 22.3 Å². The molecule has 0 amide bonds. The second-order valence-corrected chi connectivity index (χ2v) is 13.9. The van der Waals surface area contributed by atoms with Crippen molar-refractivity contribution >= 4 is 8.07 Å². The molecule has 3 aliphatic rings. The molecule has 0 unspecified atom stereocenters. The van der Waals surface area contributed by atoms with Crippen LogP contribution in [-0.4, -0.2) is 8.07 Å². The summed E-state index contributed by atoms with van der Waals surface area (Å²) in [5.74, 6) is 0. The second-order valence-electron chi connectivity index (χ2n) is 9.30. The number of fused-ring (bicyclic) bond motifs is 6. The van der Waals surface area contributed by atoms with Crippen LogP contribution in [0.3, 0.4) is 0 Å². The van der Waals surface area contributed by atoms with E-state index in [4.69, 9.17) is 0 Å². The van der Waals surface area contributed by atoms with Crippen molar-refractivity contribution in [1.82, 2.24) is 0 Å². The Bertz CT molecular complexity index is 1110. The zero-order valence-electron chi connectivity index (χ0n) is 17.0. The van der Waals surface area contributed by atoms with Crippen molar-refractivity contribution in [3.8, 4) is 22.3 Å². The molecule has 1 aliphatic heterocycles. The van der Waals surface area contributed by atoms with E-state index < -0.39 is 8.07 Å². The van der Waals surface area contributed by atoms with Crippen LogP contribution in [0.4, 0.5) is 0 Å². The number of hydrogen-bond donors (Lipinski definition) is 0. The first-order valence-corrected chi connectivity index (χ1v) is 13.8. The normalized spacial score (nSPS) is 18.3. The van der Waals surface area contributed by atoms with E-state index in [1.165, 1.54) is 40.8 Å². The van der Waals surface area contributed by atoms with Gasteiger partial charge in [-0.25, -0.2) is 0 Å². The van der Waals surface area contributed by atoms with Gasteiger partial charge in [-0.1, -0.05) is 116 Å². The number of rotatable bonds is 2. The Morgan fingerprint density at radius 3 is 1.00 bits per heavy atom. The summed E-state index contributed by atoms with van der Waals surface area (Å²) in [5, 5.41) is 0. The molecule has 0 N–H and O–H groups in total. The van der Waals surface area contributed by atoms with Gasteiger partial charge >= 0.3 is 0 Å². The molecule has 7 rings (SSSR count). The van der Waals surface area contributed by atoms with Gasteiger partial charge in [0.05, 0.1) is 8.07 Å². The standard InChI is InChI=1S/C29H24Si/c1-5-14-24-20(10-1)21-11-2-6-15-25(21)28(24)30(18-9-19-30)29-26-16-7-3-12-22(26)23-13-4-8-17-27(23)29/h1-8,10-17,28-29H,9,18-19H2. The first-order chi connectivity index (χ1) is 14.9. The molecule has 4 aromatic carbocycles. The van der Waals surface area contributed by atoms with E-state index in [-0.39, 0.29) is 0 Å². The molecule has 144 valence electrons. The molecule has 1 fully saturated rings. The summed E-state index contributed by atoms with van der Waals surface area (Å²) >= 11 is 0. The highest BCUT2D eigenvalue weighted by Crippen LogP contribution is 2.63. The second kappa shape index (κ2) is 6.06. The molecule has 0 bridgehead atoms. The summed E-state index contributed by atoms with van der Waals surface area (Å²) in [7, 11) is -1.68. The van der Waals surface area contributed by atoms with E-state index in [1.807, 2.05) is 0 Å². The predicted octanol–water partition coefficient (Wildman–Crippen LogP) is 7.54. The SMILES string of the molecule is c1ccc2c(c1)-c1ccccc1C2[Si]1(C2c3ccccc3-c3ccccc32)CCC1. The van der Waals surface area contributed by atoms with Gasteiger partial charge in [-0.2, -0.15) is 0 Å². The first kappa shape index (κ1) is 16.8. The molecule has 2 aliphatic carbocycles. The molecule has 0 radical (unpaired) electrons. The van der Waals surface area contributed by atoms with Gasteiger partial charge in [0.25, 0.3) is 0 Å². The van der Waals surface area contributed by atoms with Gasteiger partial charge in [-0.3, -0.25) is 0 Å². The van der Waals surface area contributed by atoms with Crippen LogP contribution in [0.1, 0.15) is 39.8 Å². The average molecular weight is 401 g/mol. The van der Waals surface area contributed by atoms with Crippen molar-refractivity contribution in [2.45, 2.75) is 29.6 Å². The molecule has 1 heterocycles. The third-order valence-electron chi connectivity index (χ3n) is 8.10. The Labute approximate surface area is 179 Å². The molecule has 0 atom stereocenters. The molecular weight excluding hydrogens is 376 g/mol. The summed E-state index contributed by atoms with van der Waals surface area (Å²) in [6.45, 7) is 0. The highest BCUT2D eigenvalue weighted by molar-refractivity contribution is 6.86. The van der Waals surface area contributed by atoms with Gasteiger partial charge in [0.1, 0.15) is 0 Å². The third-order valence-corrected chi connectivity index (χ3v) is 14.2. The van der Waals surface area contributed by atoms with Crippen molar-refractivity contribution in [3.63, 3.8) is 0 Å². The number of benzene rings is 4. The Hall–Kier alpha value is -2.90. The largest absolute Gasteiger partial charge is 0.0790 e. The maximum Gasteiger partial charge on any atom is 0.0790 e. The maximum atomic E-state index is 2.43. The highest BCUT2D eigenvalue weighted by atomic mass is 28.3. The molecule has 0 aromatic heterocycles. The minimum Gasteiger partial charge on any atom is -0.0619 e. The lowest BCUT2D eigenvalue weighted by molar-refractivity contribution is 0.794. The van der Waals surface area contributed by atoms with Gasteiger partial charge in [-0.15, -0.1) is 0 Å². The Morgan fingerprint density at radius 1 is 0.433 bits per heavy atom. The molecule has 1 saturated heterocycles. The lowest BCUT2D eigenvalue weighted by Gasteiger charge is -2.50. The third kappa shape index (κ3) is 2.01. The summed E-state index contributed by atoms with van der Waals surface area (Å²) in [6.07, 6.45) is 1.40. The Kier molecular flexibility index (Phi) is 3.40. The molecule has 30 heavy (non-hydrogen) atoms. The van der Waals surface area contributed by atoms with Crippen LogP contribution in [0, 0.1) is 0 Å². The van der Waals surface area contributed by atoms with Crippen molar-refractivity contribution in [3.05, 3.63) is 119 Å². The molecule has 4 aromatic rings. The minimum absolute atomic E-state index is 0.614. The van der Waals surface area contributed by atoms with E-state index in [9.17, 15) is 0 Å². The monoisotopic (exact) mass is 400 g/mol. The van der Waals surface area contributed by atoms with E-state index in [2.05, 4.69) is 97.1 Å². The smallest absolute Gasteiger partial charge is 0.0619 e. The summed E-state index contributed by atoms with van der Waals surface area (Å²) < 4.78 is 0. The molecule has 1 heteroatoms. The fraction of sp³-hybridized carbons (Fsp3) is 0.172. The lowest BCUT2D eigenvalue weighted by Crippen LogP contribution is -2.53. The van der Waals surface area contributed by atoms with Crippen molar-refractivity contribution in [2.75, 3.05) is 0 Å². The Morgan fingerprint density at radius 2 is 0.733 bits per heavy atom. The molecule has 0 saturated carbocycles. The van der Waals surface area contributed by atoms with Crippen molar-refractivity contribution < 1.29 is 0 Å². The molecular formula is C29H24Si. The van der Waals surface area contributed by atoms with Gasteiger partial charge in [0.15, 0.2) is 0 Å². The fourth-order valence-electron chi connectivity index (χ4n) is 6.88. The van der Waals surface area contributed by atoms with Gasteiger partial charge in [0, 0.05) is 11.1 Å². The Balaban J connectivity index is 1.51. The predicted molar refractivity (Wildman–Crippen MR) is 127 cm³/mol. The zero-order chi connectivity index (χ0) is 19.7. The van der Waals surface area contributed by atoms with Gasteiger partial charge in [-0.05, 0) is 44.5 Å². The van der Waals surface area contributed by atoms with Crippen LogP contribution in [0.15, 0.2) is 97.1 Å². The maximum absolute atomic E-state index is 2.43. The number of hydrogen-bond acceptors (Lipinski definition) is 0. The lowest BCUT2D eigenvalue weighted by atomic mass is 10.1. The zero-order valence-corrected chi connectivity index (χ0v) is 18.0. The van der Waals surface area contributed by atoms with Crippen molar-refractivity contribution in [1.29, 1.82) is 0 Å². The van der Waals surface area contributed by atoms with E-state index in [0.717, 1.165) is 0 Å². The van der Waals surface area contributed by atoms with Gasteiger partial charge in [0.2, 0.25) is 0 Å². The van der Waals surface area contributed by atoms with Crippen LogP contribution in [0.2, 0.25) is 12.1 Å². The summed E-state index contributed by atoms with van der Waals surface area (Å²) in [4.78, 5) is 0. The average Bonchev–Trinajstić information content (AvgIpc) is 3.29. The first-order valence-electron chi connectivity index (χ1n) is 11.2. The summed E-state index contributed by atoms with van der Waals surface area (Å²) in [5.41, 5.74) is 13.6. The molecule has 0 nitrogen and oxygen atoms in total. The quantitative estimate of drug-likeness (QED) is 0.305. The van der Waals surface area contributed by atoms with E-state index >= 15 is 0 Å². The molecule has 0 spiro atoms. The van der Waals surface area contributed by atoms with E-state index in [0.29, 0.717) is 11.1 Å².